The summed E-state index contributed by atoms with van der Waals surface area (Å²) in [5, 5.41) is 6.11. The number of hydrogen-bond acceptors (Lipinski definition) is 5. The molecule has 0 bridgehead atoms. The zero-order chi connectivity index (χ0) is 23.4. The van der Waals surface area contributed by atoms with Crippen LogP contribution in [-0.2, 0) is 9.59 Å². The third kappa shape index (κ3) is 5.45. The summed E-state index contributed by atoms with van der Waals surface area (Å²) in [6.45, 7) is 0.827. The second-order valence-corrected chi connectivity index (χ2v) is 8.85. The first kappa shape index (κ1) is 23.0. The highest BCUT2D eigenvalue weighted by molar-refractivity contribution is 6.30. The van der Waals surface area contributed by atoms with Crippen molar-refractivity contribution in [2.75, 3.05) is 24.3 Å². The molecule has 0 radical (unpaired) electrons. The number of ether oxygens (including phenoxy) is 1. The van der Waals surface area contributed by atoms with Crippen LogP contribution in [0.25, 0.3) is 0 Å². The van der Waals surface area contributed by atoms with Crippen LogP contribution in [0.5, 0.6) is 5.75 Å². The molecule has 2 heterocycles. The third-order valence-corrected chi connectivity index (χ3v) is 6.54. The maximum atomic E-state index is 13.0. The number of nitrogens with zero attached hydrogens (tertiary/aromatic N) is 2. The van der Waals surface area contributed by atoms with E-state index in [4.69, 9.17) is 16.3 Å². The number of pyridine rings is 1. The van der Waals surface area contributed by atoms with Crippen LogP contribution < -0.4 is 15.4 Å². The van der Waals surface area contributed by atoms with Crippen molar-refractivity contribution in [3.05, 3.63) is 47.1 Å². The number of hydrogen-bond donors (Lipinski definition) is 2. The zero-order valence-electron chi connectivity index (χ0n) is 18.5. The molecule has 1 aromatic carbocycles. The summed E-state index contributed by atoms with van der Waals surface area (Å²) < 4.78 is 5.26. The molecule has 0 spiro atoms. The van der Waals surface area contributed by atoms with Gasteiger partial charge in [-0.2, -0.15) is 0 Å². The van der Waals surface area contributed by atoms with Gasteiger partial charge in [-0.25, -0.2) is 4.98 Å². The van der Waals surface area contributed by atoms with Gasteiger partial charge in [0.1, 0.15) is 11.6 Å². The Hall–Kier alpha value is -3.13. The van der Waals surface area contributed by atoms with Crippen molar-refractivity contribution >= 4 is 40.8 Å². The normalized spacial score (nSPS) is 20.4. The van der Waals surface area contributed by atoms with Gasteiger partial charge in [-0.15, -0.1) is 0 Å². The van der Waals surface area contributed by atoms with Crippen molar-refractivity contribution in [1.82, 2.24) is 9.88 Å². The van der Waals surface area contributed by atoms with Crippen molar-refractivity contribution in [1.29, 1.82) is 0 Å². The minimum Gasteiger partial charge on any atom is -0.497 e. The van der Waals surface area contributed by atoms with Gasteiger partial charge in [-0.1, -0.05) is 11.6 Å². The highest BCUT2D eigenvalue weighted by atomic mass is 35.5. The number of carbonyl (C=O) groups is 3. The SMILES string of the molecule is COc1ccc(NC(=O)C2CCC(N3CCCC3=O)CC2)c(C(=O)Nc2ccc(Cl)cn2)c1. The Morgan fingerprint density at radius 1 is 1.12 bits per heavy atom. The molecule has 1 saturated heterocycles. The number of methoxy groups -OCH3 is 1. The van der Waals surface area contributed by atoms with Crippen LogP contribution in [0.4, 0.5) is 11.5 Å². The maximum Gasteiger partial charge on any atom is 0.259 e. The van der Waals surface area contributed by atoms with E-state index in [2.05, 4.69) is 15.6 Å². The van der Waals surface area contributed by atoms with Crippen molar-refractivity contribution < 1.29 is 19.1 Å². The number of aromatic nitrogens is 1. The van der Waals surface area contributed by atoms with Gasteiger partial charge in [-0.3, -0.25) is 14.4 Å². The van der Waals surface area contributed by atoms with Crippen LogP contribution in [0.2, 0.25) is 5.02 Å². The number of carbonyl (C=O) groups excluding carboxylic acids is 3. The van der Waals surface area contributed by atoms with E-state index in [9.17, 15) is 14.4 Å². The fourth-order valence-corrected chi connectivity index (χ4v) is 4.63. The number of halogens is 1. The first-order valence-corrected chi connectivity index (χ1v) is 11.5. The molecule has 1 aliphatic heterocycles. The Morgan fingerprint density at radius 2 is 1.91 bits per heavy atom. The third-order valence-electron chi connectivity index (χ3n) is 6.32. The molecule has 2 N–H and O–H groups in total. The van der Waals surface area contributed by atoms with Crippen molar-refractivity contribution in [3.8, 4) is 5.75 Å². The molecule has 174 valence electrons. The number of benzene rings is 1. The maximum absolute atomic E-state index is 13.0. The molecule has 4 rings (SSSR count). The van der Waals surface area contributed by atoms with Crippen LogP contribution in [0.1, 0.15) is 48.9 Å². The van der Waals surface area contributed by atoms with E-state index in [0.29, 0.717) is 41.5 Å². The fourth-order valence-electron chi connectivity index (χ4n) is 4.52. The van der Waals surface area contributed by atoms with E-state index in [1.807, 2.05) is 4.90 Å². The van der Waals surface area contributed by atoms with E-state index in [1.165, 1.54) is 13.3 Å². The standard InChI is InChI=1S/C24H27ClN4O4/c1-33-18-9-10-20(19(13-18)24(32)28-21-11-6-16(25)14-26-21)27-23(31)15-4-7-17(8-5-15)29-12-2-3-22(29)30/h6,9-11,13-15,17H,2-5,7-8,12H2,1H3,(H,27,31)(H,26,28,32). The first-order chi connectivity index (χ1) is 15.9. The molecule has 1 saturated carbocycles. The van der Waals surface area contributed by atoms with Gasteiger partial charge in [0, 0.05) is 31.1 Å². The highest BCUT2D eigenvalue weighted by Crippen LogP contribution is 2.31. The van der Waals surface area contributed by atoms with Crippen LogP contribution in [-0.4, -0.2) is 47.3 Å². The average Bonchev–Trinajstić information content (AvgIpc) is 3.26. The Kier molecular flexibility index (Phi) is 7.13. The van der Waals surface area contributed by atoms with Gasteiger partial charge in [0.25, 0.3) is 5.91 Å². The fraction of sp³-hybridized carbons (Fsp3) is 0.417. The summed E-state index contributed by atoms with van der Waals surface area (Å²) >= 11 is 5.86. The van der Waals surface area contributed by atoms with Gasteiger partial charge >= 0.3 is 0 Å². The van der Waals surface area contributed by atoms with E-state index in [0.717, 1.165) is 25.8 Å². The van der Waals surface area contributed by atoms with Crippen molar-refractivity contribution in [2.24, 2.45) is 5.92 Å². The zero-order valence-corrected chi connectivity index (χ0v) is 19.2. The van der Waals surface area contributed by atoms with E-state index < -0.39 is 5.91 Å². The Balaban J connectivity index is 1.43. The highest BCUT2D eigenvalue weighted by Gasteiger charge is 2.33. The Labute approximate surface area is 197 Å². The monoisotopic (exact) mass is 470 g/mol. The predicted octanol–water partition coefficient (Wildman–Crippen LogP) is 4.12. The lowest BCUT2D eigenvalue weighted by Gasteiger charge is -2.34. The summed E-state index contributed by atoms with van der Waals surface area (Å²) in [5.41, 5.74) is 0.680. The second-order valence-electron chi connectivity index (χ2n) is 8.41. The molecule has 9 heteroatoms. The van der Waals surface area contributed by atoms with Gasteiger partial charge in [0.15, 0.2) is 0 Å². The van der Waals surface area contributed by atoms with Crippen LogP contribution >= 0.6 is 11.6 Å². The topological polar surface area (TPSA) is 101 Å². The van der Waals surface area contributed by atoms with Gasteiger partial charge in [0.05, 0.1) is 23.4 Å². The number of nitrogens with one attached hydrogen (secondary N) is 2. The van der Waals surface area contributed by atoms with E-state index >= 15 is 0 Å². The molecular weight excluding hydrogens is 444 g/mol. The first-order valence-electron chi connectivity index (χ1n) is 11.2. The average molecular weight is 471 g/mol. The Morgan fingerprint density at radius 3 is 2.55 bits per heavy atom. The predicted molar refractivity (Wildman–Crippen MR) is 126 cm³/mol. The summed E-state index contributed by atoms with van der Waals surface area (Å²) in [5.74, 6) is 0.374. The minimum absolute atomic E-state index is 0.120. The summed E-state index contributed by atoms with van der Waals surface area (Å²) in [6.07, 6.45) is 6.07. The molecule has 2 aromatic rings. The van der Waals surface area contributed by atoms with Crippen molar-refractivity contribution in [3.63, 3.8) is 0 Å². The van der Waals surface area contributed by atoms with Crippen molar-refractivity contribution in [2.45, 2.75) is 44.6 Å². The van der Waals surface area contributed by atoms with Gasteiger partial charge in [-0.05, 0) is 62.4 Å². The smallest absolute Gasteiger partial charge is 0.259 e. The molecule has 2 aliphatic rings. The van der Waals surface area contributed by atoms with E-state index in [1.54, 1.807) is 30.3 Å². The summed E-state index contributed by atoms with van der Waals surface area (Å²) in [4.78, 5) is 44.0. The molecule has 0 unspecified atom stereocenters. The molecule has 8 nitrogen and oxygen atoms in total. The lowest BCUT2D eigenvalue weighted by molar-refractivity contribution is -0.130. The van der Waals surface area contributed by atoms with Gasteiger partial charge in [0.2, 0.25) is 11.8 Å². The molecule has 1 aliphatic carbocycles. The van der Waals surface area contributed by atoms with Crippen LogP contribution in [0, 0.1) is 5.92 Å². The number of anilines is 2. The van der Waals surface area contributed by atoms with Gasteiger partial charge < -0.3 is 20.3 Å². The molecule has 3 amide bonds. The lowest BCUT2D eigenvalue weighted by Crippen LogP contribution is -2.40. The van der Waals surface area contributed by atoms with Crippen LogP contribution in [0.15, 0.2) is 36.5 Å². The number of likely N-dealkylation sites (tertiary alicyclic amines) is 1. The van der Waals surface area contributed by atoms with Crippen LogP contribution in [0.3, 0.4) is 0 Å². The molecule has 0 atom stereocenters. The molecular formula is C24H27ClN4O4. The largest absolute Gasteiger partial charge is 0.497 e. The molecule has 1 aromatic heterocycles. The quantitative estimate of drug-likeness (QED) is 0.661. The number of amides is 3. The minimum atomic E-state index is -0.421. The molecule has 2 fully saturated rings. The summed E-state index contributed by atoms with van der Waals surface area (Å²) in [7, 11) is 1.51. The Bertz CT molecular complexity index is 1040. The lowest BCUT2D eigenvalue weighted by atomic mass is 9.84. The summed E-state index contributed by atoms with van der Waals surface area (Å²) in [6, 6.07) is 8.40. The second kappa shape index (κ2) is 10.2. The van der Waals surface area contributed by atoms with E-state index in [-0.39, 0.29) is 29.3 Å². The number of rotatable bonds is 6. The molecule has 33 heavy (non-hydrogen) atoms.